The van der Waals surface area contributed by atoms with Gasteiger partial charge < -0.3 is 15.7 Å². The predicted molar refractivity (Wildman–Crippen MR) is 132 cm³/mol. The zero-order valence-corrected chi connectivity index (χ0v) is 19.4. The van der Waals surface area contributed by atoms with Gasteiger partial charge in [0.1, 0.15) is 5.82 Å². The minimum Gasteiger partial charge on any atom is -0.392 e. The van der Waals surface area contributed by atoms with Crippen molar-refractivity contribution >= 4 is 23.7 Å². The van der Waals surface area contributed by atoms with Gasteiger partial charge in [-0.05, 0) is 30.5 Å². The number of piperidine rings is 1. The van der Waals surface area contributed by atoms with E-state index in [-0.39, 0.29) is 24.2 Å². The van der Waals surface area contributed by atoms with Crippen LogP contribution in [0.1, 0.15) is 47.3 Å². The predicted octanol–water partition coefficient (Wildman–Crippen LogP) is 3.07. The second-order valence-electron chi connectivity index (χ2n) is 8.78. The topological polar surface area (TPSA) is 127 Å². The van der Waals surface area contributed by atoms with Crippen molar-refractivity contribution in [3.63, 3.8) is 0 Å². The van der Waals surface area contributed by atoms with Gasteiger partial charge in [-0.1, -0.05) is 24.3 Å². The molecule has 3 N–H and O–H groups in total. The summed E-state index contributed by atoms with van der Waals surface area (Å²) in [6.07, 6.45) is 5.62. The van der Waals surface area contributed by atoms with Crippen molar-refractivity contribution in [1.29, 1.82) is 0 Å². The number of nitrogens with zero attached hydrogens (tertiary/aromatic N) is 5. The average Bonchev–Trinajstić information content (AvgIpc) is 3.33. The molecule has 1 fully saturated rings. The van der Waals surface area contributed by atoms with Crippen LogP contribution in [0, 0.1) is 0 Å². The lowest BCUT2D eigenvalue weighted by atomic mass is 9.90. The second kappa shape index (κ2) is 9.27. The molecule has 0 spiro atoms. The Balaban J connectivity index is 1.52. The molecule has 3 aromatic heterocycles. The Kier molecular flexibility index (Phi) is 6.00. The summed E-state index contributed by atoms with van der Waals surface area (Å²) >= 11 is 0. The molecule has 1 aromatic carbocycles. The molecule has 4 heterocycles. The number of hydrogen-bond acceptors (Lipinski definition) is 7. The summed E-state index contributed by atoms with van der Waals surface area (Å²) < 4.78 is 1.49. The first-order valence-electron chi connectivity index (χ1n) is 11.5. The van der Waals surface area contributed by atoms with Gasteiger partial charge in [0.05, 0.1) is 29.8 Å². The van der Waals surface area contributed by atoms with Crippen LogP contribution in [0.25, 0.3) is 28.0 Å². The lowest BCUT2D eigenvalue weighted by molar-refractivity contribution is -0.129. The number of rotatable bonds is 5. The maximum Gasteiger partial charge on any atom is 0.219 e. The lowest BCUT2D eigenvalue weighted by Gasteiger charge is -2.31. The third kappa shape index (κ3) is 4.15. The normalized spacial score (nSPS) is 14.4. The van der Waals surface area contributed by atoms with Crippen LogP contribution in [0.2, 0.25) is 0 Å². The van der Waals surface area contributed by atoms with Crippen molar-refractivity contribution in [2.75, 3.05) is 18.8 Å². The molecule has 1 amide bonds. The number of aldehydes is 1. The van der Waals surface area contributed by atoms with E-state index in [2.05, 4.69) is 10.1 Å². The number of aliphatic hydroxyl groups is 1. The Hall–Kier alpha value is -4.11. The fraction of sp³-hybridized carbons (Fsp3) is 0.269. The van der Waals surface area contributed by atoms with Crippen molar-refractivity contribution in [2.24, 2.45) is 0 Å². The van der Waals surface area contributed by atoms with Crippen LogP contribution < -0.4 is 5.73 Å². The van der Waals surface area contributed by atoms with Gasteiger partial charge in [-0.2, -0.15) is 9.61 Å². The molecular weight excluding hydrogens is 444 g/mol. The van der Waals surface area contributed by atoms with Crippen molar-refractivity contribution < 1.29 is 14.7 Å². The zero-order chi connectivity index (χ0) is 24.5. The molecule has 1 saturated heterocycles. The van der Waals surface area contributed by atoms with Gasteiger partial charge in [0.15, 0.2) is 11.9 Å². The Morgan fingerprint density at radius 1 is 1.17 bits per heavy atom. The van der Waals surface area contributed by atoms with Crippen molar-refractivity contribution in [3.05, 3.63) is 65.6 Å². The molecule has 9 heteroatoms. The van der Waals surface area contributed by atoms with Crippen molar-refractivity contribution in [3.8, 4) is 22.4 Å². The van der Waals surface area contributed by atoms with Gasteiger partial charge in [-0.25, -0.2) is 4.98 Å². The summed E-state index contributed by atoms with van der Waals surface area (Å²) in [6, 6.07) is 11.5. The van der Waals surface area contributed by atoms with Crippen molar-refractivity contribution in [1.82, 2.24) is 24.5 Å². The Bertz CT molecular complexity index is 1400. The van der Waals surface area contributed by atoms with Gasteiger partial charge in [-0.3, -0.25) is 14.6 Å². The molecule has 178 valence electrons. The fourth-order valence-corrected chi connectivity index (χ4v) is 4.70. The number of benzene rings is 1. The standard InChI is InChI=1S/C26H26N6O3/c1-16(35)31-9-7-18(8-10-31)24-22(15-34)25(27)32-26(30-24)21(13-29-32)20-5-6-23(28-12-20)19-4-2-3-17(11-19)14-33/h2-6,11-13,15,18,33H,7-10,14,27H2,1H3. The van der Waals surface area contributed by atoms with Crippen molar-refractivity contribution in [2.45, 2.75) is 32.3 Å². The number of nitrogens with two attached hydrogens (primary N) is 1. The molecule has 0 radical (unpaired) electrons. The molecule has 0 unspecified atom stereocenters. The van der Waals surface area contributed by atoms with Gasteiger partial charge in [-0.15, -0.1) is 0 Å². The van der Waals surface area contributed by atoms with Gasteiger partial charge >= 0.3 is 0 Å². The maximum absolute atomic E-state index is 12.0. The summed E-state index contributed by atoms with van der Waals surface area (Å²) in [5.41, 5.74) is 12.0. The lowest BCUT2D eigenvalue weighted by Crippen LogP contribution is -2.36. The molecule has 5 rings (SSSR count). The Morgan fingerprint density at radius 3 is 2.63 bits per heavy atom. The van der Waals surface area contributed by atoms with Crippen LogP contribution in [0.5, 0.6) is 0 Å². The molecule has 0 aliphatic carbocycles. The highest BCUT2D eigenvalue weighted by Gasteiger charge is 2.27. The van der Waals surface area contributed by atoms with E-state index in [0.29, 0.717) is 30.0 Å². The second-order valence-corrected chi connectivity index (χ2v) is 8.78. The number of hydrogen-bond donors (Lipinski definition) is 2. The van der Waals surface area contributed by atoms with E-state index in [0.717, 1.165) is 47.1 Å². The van der Waals surface area contributed by atoms with Gasteiger partial charge in [0, 0.05) is 48.8 Å². The fourth-order valence-electron chi connectivity index (χ4n) is 4.70. The third-order valence-corrected chi connectivity index (χ3v) is 6.67. The van der Waals surface area contributed by atoms with E-state index < -0.39 is 0 Å². The molecule has 1 aliphatic heterocycles. The molecule has 35 heavy (non-hydrogen) atoms. The number of aliphatic hydroxyl groups excluding tert-OH is 1. The minimum absolute atomic E-state index is 0.0275. The van der Waals surface area contributed by atoms with E-state index in [9.17, 15) is 14.7 Å². The number of amides is 1. The maximum atomic E-state index is 12.0. The molecule has 9 nitrogen and oxygen atoms in total. The monoisotopic (exact) mass is 470 g/mol. The largest absolute Gasteiger partial charge is 0.392 e. The molecule has 0 atom stereocenters. The summed E-state index contributed by atoms with van der Waals surface area (Å²) in [5, 5.41) is 13.8. The third-order valence-electron chi connectivity index (χ3n) is 6.67. The summed E-state index contributed by atoms with van der Waals surface area (Å²) in [7, 11) is 0. The SMILES string of the molecule is CC(=O)N1CCC(c2nc3c(-c4ccc(-c5cccc(CO)c5)nc4)cnn3c(N)c2C=O)CC1. The highest BCUT2D eigenvalue weighted by atomic mass is 16.3. The number of aromatic nitrogens is 4. The number of likely N-dealkylation sites (tertiary alicyclic amines) is 1. The van der Waals surface area contributed by atoms with Gasteiger partial charge in [0.25, 0.3) is 0 Å². The van der Waals surface area contributed by atoms with Crippen LogP contribution in [0.4, 0.5) is 5.82 Å². The molecule has 1 aliphatic rings. The smallest absolute Gasteiger partial charge is 0.219 e. The van der Waals surface area contributed by atoms with Crippen LogP contribution in [0.3, 0.4) is 0 Å². The highest BCUT2D eigenvalue weighted by Crippen LogP contribution is 2.34. The van der Waals surface area contributed by atoms with Crippen LogP contribution in [-0.4, -0.2) is 54.9 Å². The van der Waals surface area contributed by atoms with E-state index in [1.807, 2.05) is 41.3 Å². The highest BCUT2D eigenvalue weighted by molar-refractivity contribution is 5.87. The molecular formula is C26H26N6O3. The first-order chi connectivity index (χ1) is 17.0. The number of carbonyl (C=O) groups is 2. The molecule has 4 aromatic rings. The molecule has 0 bridgehead atoms. The van der Waals surface area contributed by atoms with E-state index in [4.69, 9.17) is 10.7 Å². The number of carbonyl (C=O) groups excluding carboxylic acids is 2. The number of fused-ring (bicyclic) bond motifs is 1. The van der Waals surface area contributed by atoms with E-state index in [1.165, 1.54) is 4.52 Å². The van der Waals surface area contributed by atoms with E-state index >= 15 is 0 Å². The first-order valence-corrected chi connectivity index (χ1v) is 11.5. The average molecular weight is 471 g/mol. The number of anilines is 1. The summed E-state index contributed by atoms with van der Waals surface area (Å²) in [4.78, 5) is 35.0. The zero-order valence-electron chi connectivity index (χ0n) is 19.4. The van der Waals surface area contributed by atoms with E-state index in [1.54, 1.807) is 19.3 Å². The Morgan fingerprint density at radius 2 is 1.97 bits per heavy atom. The quantitative estimate of drug-likeness (QED) is 0.429. The number of pyridine rings is 1. The summed E-state index contributed by atoms with van der Waals surface area (Å²) in [6.45, 7) is 2.79. The number of nitrogen functional groups attached to an aromatic ring is 1. The van der Waals surface area contributed by atoms with Gasteiger partial charge in [0.2, 0.25) is 5.91 Å². The Labute approximate surface area is 202 Å². The van der Waals surface area contributed by atoms with Crippen LogP contribution in [-0.2, 0) is 11.4 Å². The summed E-state index contributed by atoms with van der Waals surface area (Å²) in [5.74, 6) is 0.338. The van der Waals surface area contributed by atoms with Crippen LogP contribution >= 0.6 is 0 Å². The molecule has 0 saturated carbocycles. The first kappa shape index (κ1) is 22.7. The van der Waals surface area contributed by atoms with Crippen LogP contribution in [0.15, 0.2) is 48.8 Å². The minimum atomic E-state index is -0.0275.